The maximum atomic E-state index is 10.9. The average Bonchev–Trinajstić information content (AvgIpc) is 1.93. The molecule has 0 atom stereocenters. The number of amides is 1. The molecule has 5 heteroatoms. The quantitative estimate of drug-likeness (QED) is 0.526. The first-order valence-electron chi connectivity index (χ1n) is 3.21. The minimum Gasteiger partial charge on any atom is -0.301 e. The second-order valence-corrected chi connectivity index (χ2v) is 2.78. The summed E-state index contributed by atoms with van der Waals surface area (Å²) in [6, 6.07) is 0. The van der Waals surface area contributed by atoms with Crippen molar-refractivity contribution in [2.75, 3.05) is 7.05 Å². The minimum absolute atomic E-state index is 0.0967. The lowest BCUT2D eigenvalue weighted by Gasteiger charge is -2.10. The smallest absolute Gasteiger partial charge is 0.231 e. The Morgan fingerprint density at radius 2 is 2.36 bits per heavy atom. The van der Waals surface area contributed by atoms with Crippen LogP contribution >= 0.6 is 12.2 Å². The zero-order valence-electron chi connectivity index (χ0n) is 6.42. The zero-order chi connectivity index (χ0) is 8.43. The van der Waals surface area contributed by atoms with Gasteiger partial charge in [0.25, 0.3) is 0 Å². The third-order valence-corrected chi connectivity index (χ3v) is 1.64. The molecule has 4 nitrogen and oxygen atoms in total. The van der Waals surface area contributed by atoms with Gasteiger partial charge >= 0.3 is 0 Å². The van der Waals surface area contributed by atoms with E-state index in [1.165, 1.54) is 5.01 Å². The molecule has 0 aromatic heterocycles. The van der Waals surface area contributed by atoms with Gasteiger partial charge in [0.2, 0.25) is 5.91 Å². The standard InChI is InChI=1S/C6H9N3OS/c1-4-3-5(10)7-6(11)9(2)8-4/h3H2,1-2H3,(H,7,10,11). The summed E-state index contributed by atoms with van der Waals surface area (Å²) in [7, 11) is 1.71. The number of rotatable bonds is 0. The van der Waals surface area contributed by atoms with E-state index in [-0.39, 0.29) is 5.91 Å². The molecule has 0 aromatic rings. The van der Waals surface area contributed by atoms with Crippen molar-refractivity contribution in [3.05, 3.63) is 0 Å². The molecule has 1 N–H and O–H groups in total. The number of hydrogen-bond donors (Lipinski definition) is 1. The van der Waals surface area contributed by atoms with E-state index in [0.29, 0.717) is 11.5 Å². The highest BCUT2D eigenvalue weighted by Crippen LogP contribution is 1.97. The Morgan fingerprint density at radius 1 is 1.73 bits per heavy atom. The second kappa shape index (κ2) is 2.96. The van der Waals surface area contributed by atoms with Crippen molar-refractivity contribution in [1.82, 2.24) is 10.3 Å². The second-order valence-electron chi connectivity index (χ2n) is 2.39. The average molecular weight is 171 g/mol. The molecule has 0 saturated heterocycles. The van der Waals surface area contributed by atoms with E-state index in [1.807, 2.05) is 0 Å². The molecule has 0 saturated carbocycles. The fourth-order valence-electron chi connectivity index (χ4n) is 0.814. The largest absolute Gasteiger partial charge is 0.301 e. The predicted octanol–water partition coefficient (Wildman–Crippen LogP) is 0.0989. The summed E-state index contributed by atoms with van der Waals surface area (Å²) in [5, 5.41) is 8.39. The van der Waals surface area contributed by atoms with Crippen LogP contribution in [0.4, 0.5) is 0 Å². The maximum absolute atomic E-state index is 10.9. The normalized spacial score (nSPS) is 19.1. The van der Waals surface area contributed by atoms with E-state index < -0.39 is 0 Å². The van der Waals surface area contributed by atoms with Crippen molar-refractivity contribution < 1.29 is 4.79 Å². The molecule has 0 bridgehead atoms. The van der Waals surface area contributed by atoms with Crippen LogP contribution in [0.5, 0.6) is 0 Å². The van der Waals surface area contributed by atoms with E-state index in [0.717, 1.165) is 5.71 Å². The van der Waals surface area contributed by atoms with E-state index in [1.54, 1.807) is 14.0 Å². The van der Waals surface area contributed by atoms with E-state index >= 15 is 0 Å². The Bertz CT molecular complexity index is 236. The van der Waals surface area contributed by atoms with Gasteiger partial charge < -0.3 is 5.32 Å². The predicted molar refractivity (Wildman–Crippen MR) is 46.2 cm³/mol. The Morgan fingerprint density at radius 3 is 3.00 bits per heavy atom. The van der Waals surface area contributed by atoms with Gasteiger partial charge in [-0.05, 0) is 19.1 Å². The maximum Gasteiger partial charge on any atom is 0.231 e. The van der Waals surface area contributed by atoms with Crippen molar-refractivity contribution in [3.63, 3.8) is 0 Å². The van der Waals surface area contributed by atoms with Crippen molar-refractivity contribution in [1.29, 1.82) is 0 Å². The number of carbonyl (C=O) groups excluding carboxylic acids is 1. The van der Waals surface area contributed by atoms with Gasteiger partial charge in [-0.25, -0.2) is 5.01 Å². The van der Waals surface area contributed by atoms with Crippen LogP contribution in [-0.2, 0) is 4.79 Å². The molecule has 1 rings (SSSR count). The fourth-order valence-corrected chi connectivity index (χ4v) is 0.968. The first-order chi connectivity index (χ1) is 5.09. The molecule has 0 aliphatic carbocycles. The number of hydrazone groups is 1. The number of carbonyl (C=O) groups is 1. The van der Waals surface area contributed by atoms with Crippen LogP contribution in [0.3, 0.4) is 0 Å². The highest BCUT2D eigenvalue weighted by atomic mass is 32.1. The summed E-state index contributed by atoms with van der Waals surface area (Å²) in [6.07, 6.45) is 0.324. The molecule has 1 heterocycles. The van der Waals surface area contributed by atoms with Gasteiger partial charge in [-0.1, -0.05) is 0 Å². The van der Waals surface area contributed by atoms with Gasteiger partial charge in [0, 0.05) is 12.8 Å². The van der Waals surface area contributed by atoms with Gasteiger partial charge in [-0.2, -0.15) is 5.10 Å². The molecule has 0 fully saturated rings. The van der Waals surface area contributed by atoms with E-state index in [4.69, 9.17) is 12.2 Å². The van der Waals surface area contributed by atoms with Crippen molar-refractivity contribution in [2.24, 2.45) is 5.10 Å². The van der Waals surface area contributed by atoms with Crippen molar-refractivity contribution >= 4 is 28.9 Å². The highest BCUT2D eigenvalue weighted by molar-refractivity contribution is 7.80. The van der Waals surface area contributed by atoms with Crippen molar-refractivity contribution in [3.8, 4) is 0 Å². The Kier molecular flexibility index (Phi) is 2.19. The molecule has 1 aliphatic rings. The summed E-state index contributed by atoms with van der Waals surface area (Å²) in [5.74, 6) is -0.0967. The minimum atomic E-state index is -0.0967. The molecule has 0 unspecified atom stereocenters. The van der Waals surface area contributed by atoms with Crippen molar-refractivity contribution in [2.45, 2.75) is 13.3 Å². The SMILES string of the molecule is CC1=NN(C)C(=S)NC(=O)C1. The van der Waals surface area contributed by atoms with Crippen LogP contribution in [0.2, 0.25) is 0 Å². The fraction of sp³-hybridized carbons (Fsp3) is 0.500. The molecule has 0 radical (unpaired) electrons. The molecule has 0 spiro atoms. The third kappa shape index (κ3) is 1.98. The summed E-state index contributed by atoms with van der Waals surface area (Å²) in [4.78, 5) is 10.9. The number of thiocarbonyl (C=S) groups is 1. The topological polar surface area (TPSA) is 44.7 Å². The lowest BCUT2D eigenvalue weighted by molar-refractivity contribution is -0.118. The number of nitrogens with zero attached hydrogens (tertiary/aromatic N) is 2. The summed E-state index contributed by atoms with van der Waals surface area (Å²) in [6.45, 7) is 1.80. The number of hydrogen-bond acceptors (Lipinski definition) is 3. The zero-order valence-corrected chi connectivity index (χ0v) is 7.23. The van der Waals surface area contributed by atoms with Crippen LogP contribution in [0.15, 0.2) is 5.10 Å². The molecule has 1 amide bonds. The van der Waals surface area contributed by atoms with Gasteiger partial charge in [-0.15, -0.1) is 0 Å². The monoisotopic (exact) mass is 171 g/mol. The molecule has 1 aliphatic heterocycles. The Balaban J connectivity index is 2.83. The molecule has 60 valence electrons. The molecule has 11 heavy (non-hydrogen) atoms. The number of nitrogens with one attached hydrogen (secondary N) is 1. The van der Waals surface area contributed by atoms with E-state index in [9.17, 15) is 4.79 Å². The van der Waals surface area contributed by atoms with Crippen LogP contribution in [0.1, 0.15) is 13.3 Å². The van der Waals surface area contributed by atoms with Crippen LogP contribution in [-0.4, -0.2) is 28.8 Å². The Labute approximate surface area is 70.3 Å². The highest BCUT2D eigenvalue weighted by Gasteiger charge is 2.13. The van der Waals surface area contributed by atoms with E-state index in [2.05, 4.69) is 10.4 Å². The first kappa shape index (κ1) is 8.13. The molecular formula is C6H9N3OS. The lowest BCUT2D eigenvalue weighted by Crippen LogP contribution is -2.35. The third-order valence-electron chi connectivity index (χ3n) is 1.28. The Hall–Kier alpha value is -0.970. The van der Waals surface area contributed by atoms with Crippen LogP contribution in [0.25, 0.3) is 0 Å². The summed E-state index contributed by atoms with van der Waals surface area (Å²) >= 11 is 4.83. The summed E-state index contributed by atoms with van der Waals surface area (Å²) in [5.41, 5.74) is 0.768. The molecule has 0 aromatic carbocycles. The molecular weight excluding hydrogens is 162 g/mol. The van der Waals surface area contributed by atoms with Crippen LogP contribution < -0.4 is 5.32 Å². The van der Waals surface area contributed by atoms with Crippen LogP contribution in [0, 0.1) is 0 Å². The lowest BCUT2D eigenvalue weighted by atomic mass is 10.3. The summed E-state index contributed by atoms with van der Waals surface area (Å²) < 4.78 is 0. The van der Waals surface area contributed by atoms with Gasteiger partial charge in [0.05, 0.1) is 6.42 Å². The first-order valence-corrected chi connectivity index (χ1v) is 3.62. The van der Waals surface area contributed by atoms with Gasteiger partial charge in [-0.3, -0.25) is 4.79 Å². The van der Waals surface area contributed by atoms with Gasteiger partial charge in [0.15, 0.2) is 5.11 Å². The van der Waals surface area contributed by atoms with Gasteiger partial charge in [0.1, 0.15) is 0 Å².